The first-order valence-electron chi connectivity index (χ1n) is 12.9. The molecule has 210 valence electrons. The fraction of sp³-hybridized carbons (Fsp3) is 0.281. The van der Waals surface area contributed by atoms with Crippen LogP contribution in [-0.2, 0) is 6.54 Å². The summed E-state index contributed by atoms with van der Waals surface area (Å²) in [6, 6.07) is 16.3. The average Bonchev–Trinajstić information content (AvgIpc) is 2.94. The lowest BCUT2D eigenvalue weighted by Gasteiger charge is -2.34. The third kappa shape index (κ3) is 12.6. The van der Waals surface area contributed by atoms with Crippen molar-refractivity contribution in [3.63, 3.8) is 0 Å². The van der Waals surface area contributed by atoms with E-state index in [2.05, 4.69) is 61.1 Å². The molecule has 3 nitrogen and oxygen atoms in total. The molecule has 1 aliphatic heterocycles. The Balaban J connectivity index is 0.000000575. The Kier molecular flexibility index (Phi) is 17.5. The monoisotopic (exact) mass is 571 g/mol. The zero-order valence-electron chi connectivity index (χ0n) is 23.2. The molecule has 0 saturated carbocycles. The van der Waals surface area contributed by atoms with Crippen LogP contribution < -0.4 is 5.32 Å². The number of hydrogen-bond acceptors (Lipinski definition) is 4. The summed E-state index contributed by atoms with van der Waals surface area (Å²) < 4.78 is 22.4. The van der Waals surface area contributed by atoms with Crippen LogP contribution >= 0.6 is 23.4 Å². The van der Waals surface area contributed by atoms with Crippen molar-refractivity contribution in [2.24, 2.45) is 4.99 Å². The SMILES string of the molecule is C=CC(=C)C1=C(CC)N(CCNCc2ccccc2)C(C(=C)S/C=C\C)=NC1.CCF.Fc1cccc(Cl)c1. The molecule has 2 aromatic carbocycles. The number of hydrogen-bond donors (Lipinski definition) is 1. The van der Waals surface area contributed by atoms with Crippen molar-refractivity contribution in [3.8, 4) is 0 Å². The molecule has 0 radical (unpaired) electrons. The average molecular weight is 572 g/mol. The molecule has 0 bridgehead atoms. The molecular formula is C32H40ClF2N3S. The molecule has 0 aliphatic carbocycles. The van der Waals surface area contributed by atoms with E-state index in [1.54, 1.807) is 23.9 Å². The number of amidine groups is 1. The molecule has 0 atom stereocenters. The Morgan fingerprint density at radius 2 is 1.85 bits per heavy atom. The third-order valence-corrected chi connectivity index (χ3v) is 6.46. The van der Waals surface area contributed by atoms with Gasteiger partial charge < -0.3 is 10.2 Å². The van der Waals surface area contributed by atoms with E-state index in [-0.39, 0.29) is 12.5 Å². The van der Waals surface area contributed by atoms with E-state index in [4.69, 9.17) is 16.6 Å². The van der Waals surface area contributed by atoms with Crippen molar-refractivity contribution >= 4 is 29.2 Å². The second kappa shape index (κ2) is 20.0. The number of nitrogens with one attached hydrogen (secondary N) is 1. The van der Waals surface area contributed by atoms with Gasteiger partial charge in [0.05, 0.1) is 13.2 Å². The van der Waals surface area contributed by atoms with Crippen molar-refractivity contribution in [2.75, 3.05) is 26.3 Å². The summed E-state index contributed by atoms with van der Waals surface area (Å²) in [4.78, 5) is 8.11. The number of allylic oxidation sites excluding steroid dienone is 3. The lowest BCUT2D eigenvalue weighted by atomic mass is 10.0. The number of aliphatic imine (C=N–C) groups is 1. The normalized spacial score (nSPS) is 12.7. The minimum Gasteiger partial charge on any atom is -0.328 e. The molecule has 0 spiro atoms. The lowest BCUT2D eigenvalue weighted by Crippen LogP contribution is -2.39. The second-order valence-electron chi connectivity index (χ2n) is 8.18. The molecule has 1 heterocycles. The highest BCUT2D eigenvalue weighted by Gasteiger charge is 2.25. The van der Waals surface area contributed by atoms with Gasteiger partial charge in [-0.25, -0.2) is 4.39 Å². The van der Waals surface area contributed by atoms with E-state index in [0.717, 1.165) is 42.4 Å². The zero-order valence-corrected chi connectivity index (χ0v) is 24.8. The molecule has 0 amide bonds. The third-order valence-electron chi connectivity index (χ3n) is 5.35. The van der Waals surface area contributed by atoms with E-state index in [0.29, 0.717) is 11.6 Å². The molecule has 0 fully saturated rings. The Hall–Kier alpha value is -2.93. The minimum atomic E-state index is -0.294. The number of benzene rings is 2. The van der Waals surface area contributed by atoms with Gasteiger partial charge >= 0.3 is 0 Å². The summed E-state index contributed by atoms with van der Waals surface area (Å²) in [5.74, 6) is 0.666. The Bertz CT molecular complexity index is 1130. The van der Waals surface area contributed by atoms with Gasteiger partial charge in [0.15, 0.2) is 0 Å². The molecule has 1 N–H and O–H groups in total. The van der Waals surface area contributed by atoms with Gasteiger partial charge in [-0.2, -0.15) is 0 Å². The predicted molar refractivity (Wildman–Crippen MR) is 168 cm³/mol. The van der Waals surface area contributed by atoms with E-state index < -0.39 is 0 Å². The van der Waals surface area contributed by atoms with Gasteiger partial charge in [-0.15, -0.1) is 0 Å². The molecule has 7 heteroatoms. The largest absolute Gasteiger partial charge is 0.328 e. The Morgan fingerprint density at radius 1 is 1.15 bits per heavy atom. The van der Waals surface area contributed by atoms with E-state index in [9.17, 15) is 8.78 Å². The number of nitrogens with zero attached hydrogens (tertiary/aromatic N) is 2. The molecule has 0 aromatic heterocycles. The number of alkyl halides is 1. The first-order valence-corrected chi connectivity index (χ1v) is 14.1. The van der Waals surface area contributed by atoms with Crippen LogP contribution in [0.25, 0.3) is 0 Å². The topological polar surface area (TPSA) is 27.6 Å². The van der Waals surface area contributed by atoms with Crippen molar-refractivity contribution in [1.29, 1.82) is 0 Å². The highest BCUT2D eigenvalue weighted by Crippen LogP contribution is 2.30. The van der Waals surface area contributed by atoms with Crippen LogP contribution in [0, 0.1) is 5.82 Å². The molecule has 0 unspecified atom stereocenters. The van der Waals surface area contributed by atoms with Crippen LogP contribution in [-0.4, -0.2) is 37.0 Å². The van der Waals surface area contributed by atoms with E-state index in [1.165, 1.54) is 35.9 Å². The van der Waals surface area contributed by atoms with Crippen LogP contribution in [0.3, 0.4) is 0 Å². The smallest absolute Gasteiger partial charge is 0.141 e. The highest BCUT2D eigenvalue weighted by molar-refractivity contribution is 8.06. The van der Waals surface area contributed by atoms with Crippen LogP contribution in [0.4, 0.5) is 8.78 Å². The first kappa shape index (κ1) is 34.1. The molecule has 1 aliphatic rings. The van der Waals surface area contributed by atoms with Gasteiger partial charge in [0.25, 0.3) is 0 Å². The minimum absolute atomic E-state index is 0.250. The van der Waals surface area contributed by atoms with Crippen LogP contribution in [0.2, 0.25) is 5.02 Å². The fourth-order valence-electron chi connectivity index (χ4n) is 3.60. The maximum atomic E-state index is 12.1. The van der Waals surface area contributed by atoms with Gasteiger partial charge in [-0.05, 0) is 60.6 Å². The van der Waals surface area contributed by atoms with Gasteiger partial charge in [-0.3, -0.25) is 9.38 Å². The summed E-state index contributed by atoms with van der Waals surface area (Å²) in [5, 5.41) is 6.02. The maximum Gasteiger partial charge on any atom is 0.141 e. The van der Waals surface area contributed by atoms with Crippen LogP contribution in [0.15, 0.2) is 119 Å². The lowest BCUT2D eigenvalue weighted by molar-refractivity contribution is 0.463. The van der Waals surface area contributed by atoms with E-state index >= 15 is 0 Å². The van der Waals surface area contributed by atoms with Crippen LogP contribution in [0.1, 0.15) is 32.8 Å². The zero-order chi connectivity index (χ0) is 29.0. The Labute approximate surface area is 242 Å². The van der Waals surface area contributed by atoms with Gasteiger partial charge in [0.1, 0.15) is 11.7 Å². The molecular weight excluding hydrogens is 532 g/mol. The summed E-state index contributed by atoms with van der Waals surface area (Å²) in [7, 11) is 0. The predicted octanol–water partition coefficient (Wildman–Crippen LogP) is 9.13. The number of thioether (sulfide) groups is 1. The van der Waals surface area contributed by atoms with Gasteiger partial charge in [0, 0.05) is 35.3 Å². The summed E-state index contributed by atoms with van der Waals surface area (Å²) in [5.41, 5.74) is 4.68. The van der Waals surface area contributed by atoms with Crippen molar-refractivity contribution < 1.29 is 8.78 Å². The quantitative estimate of drug-likeness (QED) is 0.215. The summed E-state index contributed by atoms with van der Waals surface area (Å²) >= 11 is 7.02. The molecule has 39 heavy (non-hydrogen) atoms. The van der Waals surface area contributed by atoms with E-state index in [1.807, 2.05) is 30.6 Å². The first-order chi connectivity index (χ1) is 18.8. The van der Waals surface area contributed by atoms with Gasteiger partial charge in [-0.1, -0.05) is 98.6 Å². The molecule has 2 aromatic rings. The highest BCUT2D eigenvalue weighted by atomic mass is 35.5. The fourth-order valence-corrected chi connectivity index (χ4v) is 4.35. The summed E-state index contributed by atoms with van der Waals surface area (Å²) in [6.07, 6.45) is 4.76. The van der Waals surface area contributed by atoms with Crippen molar-refractivity contribution in [2.45, 2.75) is 33.7 Å². The van der Waals surface area contributed by atoms with Gasteiger partial charge in [0.2, 0.25) is 0 Å². The van der Waals surface area contributed by atoms with Crippen molar-refractivity contribution in [1.82, 2.24) is 10.2 Å². The van der Waals surface area contributed by atoms with Crippen LogP contribution in [0.5, 0.6) is 0 Å². The number of halogens is 3. The molecule has 3 rings (SSSR count). The Morgan fingerprint density at radius 3 is 2.38 bits per heavy atom. The molecule has 0 saturated heterocycles. The maximum absolute atomic E-state index is 12.1. The summed E-state index contributed by atoms with van der Waals surface area (Å²) in [6.45, 7) is 20.9. The van der Waals surface area contributed by atoms with Crippen molar-refractivity contribution in [3.05, 3.63) is 130 Å². The standard InChI is InChI=1S/C24H31N3S.C6H4ClF.C2H5F/c1-6-16-28-20(5)24-26-18-22(19(4)7-2)23(8-3)27(24)15-14-25-17-21-12-10-9-11-13-21;7-5-2-1-3-6(8)4-5;1-2-3/h6-7,9-13,16,25H,2,4-5,8,14-15,17-18H2,1,3H3;1-4H;2H2,1H3/b16-6-;;. The number of rotatable bonds is 11. The second-order valence-corrected chi connectivity index (χ2v) is 9.62.